The molecule has 0 bridgehead atoms. The van der Waals surface area contributed by atoms with Crippen LogP contribution in [0.25, 0.3) is 22.1 Å². The lowest BCUT2D eigenvalue weighted by molar-refractivity contribution is -0.132. The van der Waals surface area contributed by atoms with Gasteiger partial charge in [0, 0.05) is 31.6 Å². The maximum atomic E-state index is 12.6. The molecule has 31 heavy (non-hydrogen) atoms. The molecule has 7 nitrogen and oxygen atoms in total. The highest BCUT2D eigenvalue weighted by atomic mass is 16.3. The van der Waals surface area contributed by atoms with Crippen molar-refractivity contribution in [3.8, 4) is 0 Å². The molecule has 4 aromatic rings. The second kappa shape index (κ2) is 8.00. The molecule has 3 heterocycles. The van der Waals surface area contributed by atoms with E-state index in [9.17, 15) is 9.59 Å². The third kappa shape index (κ3) is 3.96. The topological polar surface area (TPSA) is 82.4 Å². The van der Waals surface area contributed by atoms with Crippen molar-refractivity contribution in [2.24, 2.45) is 0 Å². The van der Waals surface area contributed by atoms with Crippen LogP contribution in [0.5, 0.6) is 0 Å². The summed E-state index contributed by atoms with van der Waals surface area (Å²) >= 11 is 0. The van der Waals surface area contributed by atoms with Crippen molar-refractivity contribution in [1.82, 2.24) is 19.8 Å². The number of piperazine rings is 1. The van der Waals surface area contributed by atoms with Crippen LogP contribution in [0.3, 0.4) is 0 Å². The Kier molecular flexibility index (Phi) is 5.03. The summed E-state index contributed by atoms with van der Waals surface area (Å²) in [6, 6.07) is 15.6. The Hall–Kier alpha value is -3.45. The summed E-state index contributed by atoms with van der Waals surface area (Å²) in [7, 11) is 0. The molecule has 0 atom stereocenters. The van der Waals surface area contributed by atoms with Crippen LogP contribution in [0.1, 0.15) is 17.0 Å². The zero-order chi connectivity index (χ0) is 21.4. The number of H-pyrrole nitrogens is 1. The predicted molar refractivity (Wildman–Crippen MR) is 119 cm³/mol. The van der Waals surface area contributed by atoms with Crippen LogP contribution in [0.2, 0.25) is 0 Å². The van der Waals surface area contributed by atoms with Crippen LogP contribution < -0.4 is 5.56 Å². The normalized spacial score (nSPS) is 15.1. The van der Waals surface area contributed by atoms with Gasteiger partial charge >= 0.3 is 0 Å². The Morgan fingerprint density at radius 1 is 1.06 bits per heavy atom. The highest BCUT2D eigenvalue weighted by Crippen LogP contribution is 2.24. The van der Waals surface area contributed by atoms with Crippen molar-refractivity contribution in [2.75, 3.05) is 26.2 Å². The van der Waals surface area contributed by atoms with E-state index in [4.69, 9.17) is 4.42 Å². The first-order valence-electron chi connectivity index (χ1n) is 10.5. The molecule has 1 aliphatic heterocycles. The van der Waals surface area contributed by atoms with Crippen LogP contribution in [0, 0.1) is 6.92 Å². The van der Waals surface area contributed by atoms with Crippen molar-refractivity contribution >= 4 is 28.0 Å². The first kappa shape index (κ1) is 19.5. The fourth-order valence-electron chi connectivity index (χ4n) is 4.08. The molecule has 0 aliphatic carbocycles. The highest BCUT2D eigenvalue weighted by molar-refractivity contribution is 6.01. The van der Waals surface area contributed by atoms with E-state index in [-0.39, 0.29) is 17.0 Å². The molecule has 1 aliphatic rings. The fraction of sp³-hybridized carbons (Fsp3) is 0.292. The van der Waals surface area contributed by atoms with E-state index < -0.39 is 0 Å². The van der Waals surface area contributed by atoms with Crippen LogP contribution in [0.15, 0.2) is 57.7 Å². The number of carbonyl (C=O) groups is 1. The Morgan fingerprint density at radius 2 is 1.81 bits per heavy atom. The maximum Gasteiger partial charge on any atom is 0.294 e. The molecule has 0 spiro atoms. The SMILES string of the molecule is Cc1ccc(CC(=O)N2CCN(Cc3nc4c(oc5ccccc54)c(=O)[nH]3)CC2)cc1. The minimum absolute atomic E-state index is 0.154. The lowest BCUT2D eigenvalue weighted by atomic mass is 10.1. The highest BCUT2D eigenvalue weighted by Gasteiger charge is 2.22. The lowest BCUT2D eigenvalue weighted by Gasteiger charge is -2.34. The molecular weight excluding hydrogens is 392 g/mol. The maximum absolute atomic E-state index is 12.6. The minimum atomic E-state index is -0.261. The molecule has 0 unspecified atom stereocenters. The van der Waals surface area contributed by atoms with Gasteiger partial charge in [-0.1, -0.05) is 42.0 Å². The van der Waals surface area contributed by atoms with E-state index in [1.165, 1.54) is 5.56 Å². The zero-order valence-corrected chi connectivity index (χ0v) is 17.4. The van der Waals surface area contributed by atoms with Gasteiger partial charge in [-0.3, -0.25) is 14.5 Å². The van der Waals surface area contributed by atoms with Gasteiger partial charge in [0.1, 0.15) is 16.9 Å². The van der Waals surface area contributed by atoms with Crippen LogP contribution in [-0.4, -0.2) is 51.9 Å². The number of fused-ring (bicyclic) bond motifs is 3. The van der Waals surface area contributed by atoms with Crippen molar-refractivity contribution in [3.63, 3.8) is 0 Å². The lowest BCUT2D eigenvalue weighted by Crippen LogP contribution is -2.49. The quantitative estimate of drug-likeness (QED) is 0.553. The number of rotatable bonds is 4. The number of aryl methyl sites for hydroxylation is 1. The summed E-state index contributed by atoms with van der Waals surface area (Å²) in [4.78, 5) is 36.8. The fourth-order valence-corrected chi connectivity index (χ4v) is 4.08. The molecule has 7 heteroatoms. The largest absolute Gasteiger partial charge is 0.449 e. The van der Waals surface area contributed by atoms with E-state index >= 15 is 0 Å². The van der Waals surface area contributed by atoms with Gasteiger partial charge in [-0.15, -0.1) is 0 Å². The van der Waals surface area contributed by atoms with Crippen LogP contribution in [0.4, 0.5) is 0 Å². The summed E-state index contributed by atoms with van der Waals surface area (Å²) in [5.41, 5.74) is 3.49. The first-order chi connectivity index (χ1) is 15.1. The number of benzene rings is 2. The van der Waals surface area contributed by atoms with Gasteiger partial charge < -0.3 is 14.3 Å². The summed E-state index contributed by atoms with van der Waals surface area (Å²) in [6.07, 6.45) is 0.430. The van der Waals surface area contributed by atoms with Crippen LogP contribution >= 0.6 is 0 Å². The molecule has 1 N–H and O–H groups in total. The molecule has 0 saturated carbocycles. The van der Waals surface area contributed by atoms with Gasteiger partial charge in [-0.05, 0) is 24.6 Å². The van der Waals surface area contributed by atoms with E-state index in [1.807, 2.05) is 60.4 Å². The number of furan rings is 1. The molecule has 0 radical (unpaired) electrons. The monoisotopic (exact) mass is 416 g/mol. The third-order valence-corrected chi connectivity index (χ3v) is 5.85. The van der Waals surface area contributed by atoms with Crippen molar-refractivity contribution in [2.45, 2.75) is 19.9 Å². The summed E-state index contributed by atoms with van der Waals surface area (Å²) < 4.78 is 5.66. The van der Waals surface area contributed by atoms with E-state index in [0.29, 0.717) is 43.0 Å². The average molecular weight is 416 g/mol. The minimum Gasteiger partial charge on any atom is -0.449 e. The number of aromatic nitrogens is 2. The van der Waals surface area contributed by atoms with Gasteiger partial charge in [-0.25, -0.2) is 4.98 Å². The Balaban J connectivity index is 1.24. The number of hydrogen-bond acceptors (Lipinski definition) is 5. The van der Waals surface area contributed by atoms with Crippen molar-refractivity contribution < 1.29 is 9.21 Å². The number of aromatic amines is 1. The van der Waals surface area contributed by atoms with Crippen molar-refractivity contribution in [1.29, 1.82) is 0 Å². The standard InChI is InChI=1S/C24H24N4O3/c1-16-6-8-17(9-7-16)14-21(29)28-12-10-27(11-13-28)15-20-25-22-18-4-2-3-5-19(18)31-23(22)24(30)26-20/h2-9H,10-15H2,1H3,(H,25,26,30). The smallest absolute Gasteiger partial charge is 0.294 e. The van der Waals surface area contributed by atoms with Crippen LogP contribution in [-0.2, 0) is 17.8 Å². The van der Waals surface area contributed by atoms with E-state index in [2.05, 4.69) is 14.9 Å². The number of carbonyl (C=O) groups excluding carboxylic acids is 1. The predicted octanol–water partition coefficient (Wildman–Crippen LogP) is 2.86. The molecule has 1 fully saturated rings. The van der Waals surface area contributed by atoms with E-state index in [1.54, 1.807) is 0 Å². The number of para-hydroxylation sites is 1. The number of nitrogens with one attached hydrogen (secondary N) is 1. The molecule has 158 valence electrons. The van der Waals surface area contributed by atoms with Crippen molar-refractivity contribution in [3.05, 3.63) is 75.8 Å². The zero-order valence-electron chi connectivity index (χ0n) is 17.4. The Morgan fingerprint density at radius 3 is 2.58 bits per heavy atom. The molecule has 2 aromatic heterocycles. The van der Waals surface area contributed by atoms with Gasteiger partial charge in [-0.2, -0.15) is 0 Å². The van der Waals surface area contributed by atoms with Gasteiger partial charge in [0.15, 0.2) is 0 Å². The Labute approximate surface area is 179 Å². The number of nitrogens with zero attached hydrogens (tertiary/aromatic N) is 3. The van der Waals surface area contributed by atoms with Gasteiger partial charge in [0.2, 0.25) is 11.5 Å². The molecule has 1 saturated heterocycles. The summed E-state index contributed by atoms with van der Waals surface area (Å²) in [5.74, 6) is 0.768. The molecule has 2 aromatic carbocycles. The summed E-state index contributed by atoms with van der Waals surface area (Å²) in [6.45, 7) is 5.41. The molecule has 1 amide bonds. The third-order valence-electron chi connectivity index (χ3n) is 5.85. The number of amides is 1. The van der Waals surface area contributed by atoms with E-state index in [0.717, 1.165) is 24.0 Å². The molecule has 5 rings (SSSR count). The summed E-state index contributed by atoms with van der Waals surface area (Å²) in [5, 5.41) is 0.844. The second-order valence-electron chi connectivity index (χ2n) is 8.11. The second-order valence-corrected chi connectivity index (χ2v) is 8.11. The first-order valence-corrected chi connectivity index (χ1v) is 10.5. The average Bonchev–Trinajstić information content (AvgIpc) is 3.15. The van der Waals surface area contributed by atoms with Gasteiger partial charge in [0.05, 0.1) is 13.0 Å². The Bertz CT molecular complexity index is 1300. The van der Waals surface area contributed by atoms with Gasteiger partial charge in [0.25, 0.3) is 5.56 Å². The molecular formula is C24H24N4O3. The number of hydrogen-bond donors (Lipinski definition) is 1.